The van der Waals surface area contributed by atoms with E-state index in [4.69, 9.17) is 4.74 Å². The van der Waals surface area contributed by atoms with Crippen LogP contribution in [0.1, 0.15) is 79.6 Å². The molecule has 18 heavy (non-hydrogen) atoms. The SMILES string of the molecule is CCC(C)(C)C(=O)OC1(C(C)C)CCCCCC1. The van der Waals surface area contributed by atoms with Crippen molar-refractivity contribution in [3.05, 3.63) is 0 Å². The van der Waals surface area contributed by atoms with E-state index in [1.54, 1.807) is 0 Å². The van der Waals surface area contributed by atoms with E-state index in [9.17, 15) is 4.79 Å². The molecule has 106 valence electrons. The van der Waals surface area contributed by atoms with E-state index in [0.29, 0.717) is 5.92 Å². The van der Waals surface area contributed by atoms with E-state index in [0.717, 1.165) is 19.3 Å². The zero-order valence-corrected chi connectivity index (χ0v) is 12.8. The van der Waals surface area contributed by atoms with Gasteiger partial charge in [0.15, 0.2) is 0 Å². The molecular weight excluding hydrogens is 224 g/mol. The molecule has 0 N–H and O–H groups in total. The van der Waals surface area contributed by atoms with Crippen LogP contribution in [0.3, 0.4) is 0 Å². The second-order valence-electron chi connectivity index (χ2n) is 6.76. The zero-order valence-electron chi connectivity index (χ0n) is 12.8. The highest BCUT2D eigenvalue weighted by Gasteiger charge is 2.41. The van der Waals surface area contributed by atoms with Crippen molar-refractivity contribution in [1.82, 2.24) is 0 Å². The molecule has 0 aliphatic heterocycles. The number of hydrogen-bond donors (Lipinski definition) is 0. The molecule has 0 spiro atoms. The minimum absolute atomic E-state index is 0.0133. The summed E-state index contributed by atoms with van der Waals surface area (Å²) in [5, 5.41) is 0. The smallest absolute Gasteiger partial charge is 0.312 e. The molecule has 2 heteroatoms. The summed E-state index contributed by atoms with van der Waals surface area (Å²) in [4.78, 5) is 12.4. The largest absolute Gasteiger partial charge is 0.458 e. The highest BCUT2D eigenvalue weighted by atomic mass is 16.6. The zero-order chi connectivity index (χ0) is 13.8. The molecule has 1 rings (SSSR count). The molecule has 0 amide bonds. The van der Waals surface area contributed by atoms with E-state index < -0.39 is 0 Å². The van der Waals surface area contributed by atoms with Crippen molar-refractivity contribution in [3.8, 4) is 0 Å². The molecule has 0 unspecified atom stereocenters. The summed E-state index contributed by atoms with van der Waals surface area (Å²) in [5.74, 6) is 0.396. The van der Waals surface area contributed by atoms with Crippen LogP contribution < -0.4 is 0 Å². The Kier molecular flexibility index (Phi) is 5.24. The maximum absolute atomic E-state index is 12.4. The first-order valence-corrected chi connectivity index (χ1v) is 7.57. The molecule has 0 aromatic carbocycles. The number of carbonyl (C=O) groups is 1. The molecule has 0 heterocycles. The van der Waals surface area contributed by atoms with Crippen molar-refractivity contribution in [2.45, 2.75) is 85.2 Å². The Balaban J connectivity index is 2.82. The van der Waals surface area contributed by atoms with Gasteiger partial charge in [-0.1, -0.05) is 33.6 Å². The van der Waals surface area contributed by atoms with Crippen LogP contribution >= 0.6 is 0 Å². The highest BCUT2D eigenvalue weighted by molar-refractivity contribution is 5.76. The lowest BCUT2D eigenvalue weighted by Gasteiger charge is -2.39. The molecule has 0 aromatic rings. The second-order valence-corrected chi connectivity index (χ2v) is 6.76. The Labute approximate surface area is 112 Å². The Morgan fingerprint density at radius 1 is 1.17 bits per heavy atom. The summed E-state index contributed by atoms with van der Waals surface area (Å²) in [6.45, 7) is 10.4. The van der Waals surface area contributed by atoms with Crippen molar-refractivity contribution < 1.29 is 9.53 Å². The Morgan fingerprint density at radius 3 is 2.06 bits per heavy atom. The molecule has 0 atom stereocenters. The Hall–Kier alpha value is -0.530. The van der Waals surface area contributed by atoms with Crippen molar-refractivity contribution in [2.24, 2.45) is 11.3 Å². The topological polar surface area (TPSA) is 26.3 Å². The van der Waals surface area contributed by atoms with Crippen LogP contribution in [-0.2, 0) is 9.53 Å². The van der Waals surface area contributed by atoms with Gasteiger partial charge in [-0.3, -0.25) is 4.79 Å². The van der Waals surface area contributed by atoms with Gasteiger partial charge in [-0.2, -0.15) is 0 Å². The van der Waals surface area contributed by atoms with Crippen LogP contribution in [0.5, 0.6) is 0 Å². The predicted octanol–water partition coefficient (Wildman–Crippen LogP) is 4.71. The van der Waals surface area contributed by atoms with E-state index in [-0.39, 0.29) is 17.0 Å². The average Bonchev–Trinajstić information content (AvgIpc) is 2.55. The third-order valence-corrected chi connectivity index (χ3v) is 4.73. The fourth-order valence-corrected chi connectivity index (χ4v) is 2.59. The van der Waals surface area contributed by atoms with Crippen LogP contribution in [0, 0.1) is 11.3 Å². The van der Waals surface area contributed by atoms with E-state index in [1.807, 2.05) is 13.8 Å². The molecule has 1 fully saturated rings. The Bertz CT molecular complexity index is 271. The van der Waals surface area contributed by atoms with Gasteiger partial charge in [-0.15, -0.1) is 0 Å². The first-order valence-electron chi connectivity index (χ1n) is 7.57. The van der Waals surface area contributed by atoms with Gasteiger partial charge < -0.3 is 4.74 Å². The molecule has 0 saturated heterocycles. The number of ether oxygens (including phenoxy) is 1. The molecule has 1 saturated carbocycles. The summed E-state index contributed by atoms with van der Waals surface area (Å²) < 4.78 is 6.04. The fraction of sp³-hybridized carbons (Fsp3) is 0.938. The summed E-state index contributed by atoms with van der Waals surface area (Å²) in [5.41, 5.74) is -0.561. The van der Waals surface area contributed by atoms with Gasteiger partial charge >= 0.3 is 5.97 Å². The van der Waals surface area contributed by atoms with Crippen molar-refractivity contribution in [3.63, 3.8) is 0 Å². The van der Waals surface area contributed by atoms with Crippen LogP contribution in [-0.4, -0.2) is 11.6 Å². The Morgan fingerprint density at radius 2 is 1.67 bits per heavy atom. The third kappa shape index (κ3) is 3.49. The minimum atomic E-state index is -0.353. The first-order chi connectivity index (χ1) is 8.34. The average molecular weight is 254 g/mol. The predicted molar refractivity (Wildman–Crippen MR) is 75.4 cm³/mol. The maximum Gasteiger partial charge on any atom is 0.312 e. The minimum Gasteiger partial charge on any atom is -0.458 e. The number of hydrogen-bond acceptors (Lipinski definition) is 2. The quantitative estimate of drug-likeness (QED) is 0.536. The van der Waals surface area contributed by atoms with Gasteiger partial charge in [-0.25, -0.2) is 0 Å². The van der Waals surface area contributed by atoms with Gasteiger partial charge in [0.05, 0.1) is 5.41 Å². The van der Waals surface area contributed by atoms with E-state index in [2.05, 4.69) is 20.8 Å². The van der Waals surface area contributed by atoms with Gasteiger partial charge in [-0.05, 0) is 51.9 Å². The van der Waals surface area contributed by atoms with Crippen LogP contribution in [0.25, 0.3) is 0 Å². The summed E-state index contributed by atoms with van der Waals surface area (Å²) in [6, 6.07) is 0. The molecular formula is C16H30O2. The lowest BCUT2D eigenvalue weighted by Crippen LogP contribution is -2.43. The van der Waals surface area contributed by atoms with Gasteiger partial charge in [0.2, 0.25) is 0 Å². The number of esters is 1. The summed E-state index contributed by atoms with van der Waals surface area (Å²) >= 11 is 0. The molecule has 1 aliphatic carbocycles. The van der Waals surface area contributed by atoms with Crippen molar-refractivity contribution in [2.75, 3.05) is 0 Å². The van der Waals surface area contributed by atoms with Crippen molar-refractivity contribution in [1.29, 1.82) is 0 Å². The van der Waals surface area contributed by atoms with E-state index in [1.165, 1.54) is 25.7 Å². The number of carbonyl (C=O) groups excluding carboxylic acids is 1. The standard InChI is InChI=1S/C16H30O2/c1-6-15(4,5)14(17)18-16(13(2)3)11-9-7-8-10-12-16/h13H,6-12H2,1-5H3. The summed E-state index contributed by atoms with van der Waals surface area (Å²) in [7, 11) is 0. The molecule has 0 radical (unpaired) electrons. The molecule has 1 aliphatic rings. The van der Waals surface area contributed by atoms with Crippen LogP contribution in [0.15, 0.2) is 0 Å². The third-order valence-electron chi connectivity index (χ3n) is 4.73. The maximum atomic E-state index is 12.4. The summed E-state index contributed by atoms with van der Waals surface area (Å²) in [6.07, 6.45) is 7.86. The molecule has 0 aromatic heterocycles. The lowest BCUT2D eigenvalue weighted by atomic mass is 9.82. The first kappa shape index (κ1) is 15.5. The fourth-order valence-electron chi connectivity index (χ4n) is 2.59. The van der Waals surface area contributed by atoms with Crippen LogP contribution in [0.4, 0.5) is 0 Å². The van der Waals surface area contributed by atoms with Gasteiger partial charge in [0, 0.05) is 0 Å². The van der Waals surface area contributed by atoms with Crippen LogP contribution in [0.2, 0.25) is 0 Å². The molecule has 0 bridgehead atoms. The lowest BCUT2D eigenvalue weighted by molar-refractivity contribution is -0.178. The van der Waals surface area contributed by atoms with Gasteiger partial charge in [0.25, 0.3) is 0 Å². The van der Waals surface area contributed by atoms with Crippen molar-refractivity contribution >= 4 is 5.97 Å². The monoisotopic (exact) mass is 254 g/mol. The van der Waals surface area contributed by atoms with Gasteiger partial charge in [0.1, 0.15) is 5.60 Å². The molecule has 2 nitrogen and oxygen atoms in total. The number of rotatable bonds is 4. The second kappa shape index (κ2) is 6.08. The van der Waals surface area contributed by atoms with E-state index >= 15 is 0 Å². The highest BCUT2D eigenvalue weighted by Crippen LogP contribution is 2.38. The normalized spacial score (nSPS) is 20.6.